The van der Waals surface area contributed by atoms with Gasteiger partial charge in [-0.25, -0.2) is 0 Å². The number of benzene rings is 2. The number of hydrogen-bond donors (Lipinski definition) is 0. The van der Waals surface area contributed by atoms with Gasteiger partial charge in [0.05, 0.1) is 5.39 Å². The highest BCUT2D eigenvalue weighted by molar-refractivity contribution is 6.31. The van der Waals surface area contributed by atoms with Gasteiger partial charge in [-0.2, -0.15) is 0 Å². The lowest BCUT2D eigenvalue weighted by Crippen LogP contribution is -2.34. The number of hydrogen-bond acceptors (Lipinski definition) is 3. The standard InChI is InChI=1S/C21H17ClO3/c1-3-16-18(13-7-5-4-6-8-13)12(2)20-21(24-16)19(23)15-11-14(22)9-10-17(15)25-20/h3-12,16,18H,1H2,2H3/t12-,16+,18+/m1/s1. The summed E-state index contributed by atoms with van der Waals surface area (Å²) in [5.74, 6) is 0.840. The van der Waals surface area contributed by atoms with Crippen molar-refractivity contribution in [3.63, 3.8) is 0 Å². The second-order valence-corrected chi connectivity index (χ2v) is 6.74. The highest BCUT2D eigenvalue weighted by atomic mass is 35.5. The molecule has 0 radical (unpaired) electrons. The number of ether oxygens (including phenoxy) is 1. The van der Waals surface area contributed by atoms with Crippen LogP contribution in [-0.2, 0) is 0 Å². The summed E-state index contributed by atoms with van der Waals surface area (Å²) in [5.41, 5.74) is 1.46. The van der Waals surface area contributed by atoms with E-state index < -0.39 is 0 Å². The third kappa shape index (κ3) is 2.56. The molecule has 3 atom stereocenters. The van der Waals surface area contributed by atoms with Gasteiger partial charge in [-0.05, 0) is 23.8 Å². The Hall–Kier alpha value is -2.52. The summed E-state index contributed by atoms with van der Waals surface area (Å²) in [4.78, 5) is 12.9. The maximum atomic E-state index is 12.9. The first-order valence-electron chi connectivity index (χ1n) is 8.20. The van der Waals surface area contributed by atoms with E-state index in [9.17, 15) is 4.79 Å². The number of halogens is 1. The van der Waals surface area contributed by atoms with Crippen LogP contribution in [0, 0.1) is 0 Å². The average Bonchev–Trinajstić information content (AvgIpc) is 2.63. The summed E-state index contributed by atoms with van der Waals surface area (Å²) < 4.78 is 12.1. The first kappa shape index (κ1) is 16.0. The molecular weight excluding hydrogens is 336 g/mol. The number of fused-ring (bicyclic) bond motifs is 2. The molecule has 25 heavy (non-hydrogen) atoms. The van der Waals surface area contributed by atoms with E-state index in [-0.39, 0.29) is 29.1 Å². The quantitative estimate of drug-likeness (QED) is 0.589. The third-order valence-corrected chi connectivity index (χ3v) is 5.05. The zero-order valence-electron chi connectivity index (χ0n) is 13.7. The van der Waals surface area contributed by atoms with Crippen LogP contribution in [0.4, 0.5) is 0 Å². The van der Waals surface area contributed by atoms with Crippen molar-refractivity contribution >= 4 is 22.6 Å². The van der Waals surface area contributed by atoms with Gasteiger partial charge in [0.15, 0.2) is 5.76 Å². The van der Waals surface area contributed by atoms with Crippen molar-refractivity contribution in [2.24, 2.45) is 0 Å². The molecular formula is C21H17ClO3. The maximum Gasteiger partial charge on any atom is 0.234 e. The van der Waals surface area contributed by atoms with E-state index in [0.717, 1.165) is 5.56 Å². The summed E-state index contributed by atoms with van der Waals surface area (Å²) in [7, 11) is 0. The van der Waals surface area contributed by atoms with Gasteiger partial charge in [-0.3, -0.25) is 4.79 Å². The molecule has 4 rings (SSSR count). The Bertz CT molecular complexity index is 1010. The maximum absolute atomic E-state index is 12.9. The van der Waals surface area contributed by atoms with Gasteiger partial charge >= 0.3 is 0 Å². The van der Waals surface area contributed by atoms with Gasteiger partial charge in [0.2, 0.25) is 11.2 Å². The summed E-state index contributed by atoms with van der Waals surface area (Å²) >= 11 is 6.02. The molecule has 0 spiro atoms. The Kier molecular flexibility index (Phi) is 3.89. The van der Waals surface area contributed by atoms with E-state index in [1.165, 1.54) is 0 Å². The van der Waals surface area contributed by atoms with Crippen LogP contribution < -0.4 is 10.2 Å². The zero-order valence-corrected chi connectivity index (χ0v) is 14.5. The third-order valence-electron chi connectivity index (χ3n) is 4.81. The predicted molar refractivity (Wildman–Crippen MR) is 99.7 cm³/mol. The lowest BCUT2D eigenvalue weighted by Gasteiger charge is -2.35. The molecule has 3 aromatic rings. The molecule has 1 aliphatic rings. The zero-order chi connectivity index (χ0) is 17.6. The Balaban J connectivity index is 1.93. The molecule has 0 saturated carbocycles. The van der Waals surface area contributed by atoms with Crippen LogP contribution in [-0.4, -0.2) is 6.10 Å². The molecule has 0 fully saturated rings. The van der Waals surface area contributed by atoms with E-state index in [1.807, 2.05) is 18.2 Å². The van der Waals surface area contributed by atoms with Crippen molar-refractivity contribution in [1.82, 2.24) is 0 Å². The molecule has 4 heteroatoms. The highest BCUT2D eigenvalue weighted by Gasteiger charge is 2.39. The largest absolute Gasteiger partial charge is 0.478 e. The van der Waals surface area contributed by atoms with E-state index in [0.29, 0.717) is 21.8 Å². The van der Waals surface area contributed by atoms with Crippen LogP contribution in [0.1, 0.15) is 30.1 Å². The van der Waals surface area contributed by atoms with Gasteiger partial charge in [0.1, 0.15) is 11.7 Å². The van der Waals surface area contributed by atoms with Crippen molar-refractivity contribution in [1.29, 1.82) is 0 Å². The predicted octanol–water partition coefficient (Wildman–Crippen LogP) is 5.28. The molecule has 0 unspecified atom stereocenters. The SMILES string of the molecule is C=C[C@@H]1Oc2c(oc3ccc(Cl)cc3c2=O)[C@H](C)[C@H]1c1ccccc1. The minimum Gasteiger partial charge on any atom is -0.478 e. The summed E-state index contributed by atoms with van der Waals surface area (Å²) in [6.07, 6.45) is 1.45. The summed E-state index contributed by atoms with van der Waals surface area (Å²) in [6.45, 7) is 5.95. The van der Waals surface area contributed by atoms with Gasteiger partial charge in [0.25, 0.3) is 0 Å². The summed E-state index contributed by atoms with van der Waals surface area (Å²) in [6, 6.07) is 15.1. The molecule has 0 bridgehead atoms. The normalized spacial score (nSPS) is 22.2. The highest BCUT2D eigenvalue weighted by Crippen LogP contribution is 2.45. The van der Waals surface area contributed by atoms with E-state index in [1.54, 1.807) is 24.3 Å². The van der Waals surface area contributed by atoms with Crippen LogP contribution in [0.25, 0.3) is 11.0 Å². The van der Waals surface area contributed by atoms with Crippen molar-refractivity contribution in [2.45, 2.75) is 24.9 Å². The smallest absolute Gasteiger partial charge is 0.234 e. The molecule has 0 amide bonds. The first-order chi connectivity index (χ1) is 12.1. The first-order valence-corrected chi connectivity index (χ1v) is 8.58. The van der Waals surface area contributed by atoms with Gasteiger partial charge < -0.3 is 9.15 Å². The Morgan fingerprint density at radius 2 is 1.92 bits per heavy atom. The molecule has 0 aliphatic carbocycles. The van der Waals surface area contributed by atoms with Gasteiger partial charge in [0, 0.05) is 16.9 Å². The van der Waals surface area contributed by atoms with Gasteiger partial charge in [-0.15, -0.1) is 0 Å². The molecule has 1 aromatic heterocycles. The second kappa shape index (κ2) is 6.08. The molecule has 3 nitrogen and oxygen atoms in total. The fourth-order valence-corrected chi connectivity index (χ4v) is 3.76. The van der Waals surface area contributed by atoms with Crippen LogP contribution in [0.2, 0.25) is 5.02 Å². The Morgan fingerprint density at radius 3 is 2.64 bits per heavy atom. The molecule has 1 aliphatic heterocycles. The van der Waals surface area contributed by atoms with Crippen LogP contribution >= 0.6 is 11.6 Å². The van der Waals surface area contributed by atoms with Crippen LogP contribution in [0.3, 0.4) is 0 Å². The van der Waals surface area contributed by atoms with E-state index in [4.69, 9.17) is 20.8 Å². The Morgan fingerprint density at radius 1 is 1.16 bits per heavy atom. The number of rotatable bonds is 2. The minimum atomic E-state index is -0.301. The van der Waals surface area contributed by atoms with Crippen molar-refractivity contribution in [2.75, 3.05) is 0 Å². The lowest BCUT2D eigenvalue weighted by atomic mass is 9.79. The monoisotopic (exact) mass is 352 g/mol. The average molecular weight is 353 g/mol. The fraction of sp³-hybridized carbons (Fsp3) is 0.190. The van der Waals surface area contributed by atoms with E-state index in [2.05, 4.69) is 25.6 Å². The molecule has 126 valence electrons. The molecule has 0 saturated heterocycles. The van der Waals surface area contributed by atoms with Crippen molar-refractivity contribution < 1.29 is 9.15 Å². The van der Waals surface area contributed by atoms with Crippen molar-refractivity contribution in [3.8, 4) is 5.75 Å². The van der Waals surface area contributed by atoms with Gasteiger partial charge in [-0.1, -0.05) is 61.5 Å². The molecule has 2 heterocycles. The van der Waals surface area contributed by atoms with Crippen LogP contribution in [0.15, 0.2) is 70.4 Å². The lowest BCUT2D eigenvalue weighted by molar-refractivity contribution is 0.157. The molecule has 2 aromatic carbocycles. The Labute approximate surface area is 150 Å². The minimum absolute atomic E-state index is 0.0260. The fourth-order valence-electron chi connectivity index (χ4n) is 3.58. The second-order valence-electron chi connectivity index (χ2n) is 6.31. The molecule has 0 N–H and O–H groups in total. The van der Waals surface area contributed by atoms with E-state index >= 15 is 0 Å². The van der Waals surface area contributed by atoms with Crippen molar-refractivity contribution in [3.05, 3.63) is 87.8 Å². The summed E-state index contributed by atoms with van der Waals surface area (Å²) in [5, 5.41) is 0.922. The van der Waals surface area contributed by atoms with Crippen LogP contribution in [0.5, 0.6) is 5.75 Å². The topological polar surface area (TPSA) is 39.4 Å².